The summed E-state index contributed by atoms with van der Waals surface area (Å²) in [6.07, 6.45) is 2.01. The standard InChI is InChI=1S/C11H15NO3/c1-11(10(13)14,6-8-15-2)9-5-3-4-7-12-9/h3-5,7H,6,8H2,1-2H3,(H,13,14). The van der Waals surface area contributed by atoms with Crippen molar-refractivity contribution < 1.29 is 14.6 Å². The second kappa shape index (κ2) is 4.89. The van der Waals surface area contributed by atoms with Crippen molar-refractivity contribution in [2.75, 3.05) is 13.7 Å². The predicted octanol–water partition coefficient (Wildman–Crippen LogP) is 1.46. The van der Waals surface area contributed by atoms with Crippen molar-refractivity contribution >= 4 is 5.97 Å². The van der Waals surface area contributed by atoms with Gasteiger partial charge in [0.2, 0.25) is 0 Å². The van der Waals surface area contributed by atoms with E-state index in [1.54, 1.807) is 38.4 Å². The minimum Gasteiger partial charge on any atom is -0.481 e. The molecule has 1 unspecified atom stereocenters. The third kappa shape index (κ3) is 2.53. The predicted molar refractivity (Wildman–Crippen MR) is 55.7 cm³/mol. The second-order valence-electron chi connectivity index (χ2n) is 3.60. The first-order valence-corrected chi connectivity index (χ1v) is 4.75. The fourth-order valence-corrected chi connectivity index (χ4v) is 1.34. The van der Waals surface area contributed by atoms with Gasteiger partial charge in [-0.1, -0.05) is 6.07 Å². The van der Waals surface area contributed by atoms with E-state index in [0.29, 0.717) is 18.7 Å². The van der Waals surface area contributed by atoms with Gasteiger partial charge in [0.1, 0.15) is 5.41 Å². The Morgan fingerprint density at radius 3 is 2.80 bits per heavy atom. The van der Waals surface area contributed by atoms with Crippen LogP contribution >= 0.6 is 0 Å². The highest BCUT2D eigenvalue weighted by atomic mass is 16.5. The zero-order valence-corrected chi connectivity index (χ0v) is 8.93. The van der Waals surface area contributed by atoms with Crippen molar-refractivity contribution in [2.45, 2.75) is 18.8 Å². The van der Waals surface area contributed by atoms with E-state index in [9.17, 15) is 9.90 Å². The summed E-state index contributed by atoms with van der Waals surface area (Å²) in [6.45, 7) is 2.07. The molecule has 0 aliphatic heterocycles. The number of rotatable bonds is 5. The fraction of sp³-hybridized carbons (Fsp3) is 0.455. The minimum absolute atomic E-state index is 0.402. The summed E-state index contributed by atoms with van der Waals surface area (Å²) in [4.78, 5) is 15.3. The maximum absolute atomic E-state index is 11.2. The van der Waals surface area contributed by atoms with E-state index in [1.165, 1.54) is 0 Å². The highest BCUT2D eigenvalue weighted by Crippen LogP contribution is 2.26. The molecule has 1 heterocycles. The summed E-state index contributed by atoms with van der Waals surface area (Å²) in [5, 5.41) is 9.22. The normalized spacial score (nSPS) is 14.5. The van der Waals surface area contributed by atoms with Gasteiger partial charge in [0.05, 0.1) is 5.69 Å². The molecule has 0 saturated heterocycles. The van der Waals surface area contributed by atoms with Crippen LogP contribution in [0.25, 0.3) is 0 Å². The molecular weight excluding hydrogens is 194 g/mol. The van der Waals surface area contributed by atoms with Crippen LogP contribution in [-0.4, -0.2) is 29.8 Å². The molecule has 0 aliphatic rings. The Labute approximate surface area is 88.9 Å². The van der Waals surface area contributed by atoms with Crippen LogP contribution in [0.15, 0.2) is 24.4 Å². The summed E-state index contributed by atoms with van der Waals surface area (Å²) in [7, 11) is 1.56. The van der Waals surface area contributed by atoms with Crippen LogP contribution < -0.4 is 0 Å². The molecule has 1 atom stereocenters. The van der Waals surface area contributed by atoms with Crippen molar-refractivity contribution in [2.24, 2.45) is 0 Å². The number of nitrogens with zero attached hydrogens (tertiary/aromatic N) is 1. The molecule has 0 bridgehead atoms. The second-order valence-corrected chi connectivity index (χ2v) is 3.60. The van der Waals surface area contributed by atoms with E-state index in [-0.39, 0.29) is 0 Å². The molecule has 1 rings (SSSR count). The van der Waals surface area contributed by atoms with Crippen LogP contribution in [-0.2, 0) is 14.9 Å². The van der Waals surface area contributed by atoms with E-state index in [0.717, 1.165) is 0 Å². The van der Waals surface area contributed by atoms with Crippen LogP contribution in [0.5, 0.6) is 0 Å². The molecule has 4 heteroatoms. The van der Waals surface area contributed by atoms with Crippen LogP contribution in [0.4, 0.5) is 0 Å². The Morgan fingerprint density at radius 1 is 1.60 bits per heavy atom. The van der Waals surface area contributed by atoms with Crippen LogP contribution in [0.1, 0.15) is 19.0 Å². The SMILES string of the molecule is COCCC(C)(C(=O)O)c1ccccn1. The molecule has 0 radical (unpaired) electrons. The van der Waals surface area contributed by atoms with E-state index < -0.39 is 11.4 Å². The average molecular weight is 209 g/mol. The van der Waals surface area contributed by atoms with Gasteiger partial charge >= 0.3 is 5.97 Å². The minimum atomic E-state index is -0.975. The van der Waals surface area contributed by atoms with Gasteiger partial charge in [0.15, 0.2) is 0 Å². The van der Waals surface area contributed by atoms with Crippen molar-refractivity contribution in [3.8, 4) is 0 Å². The Kier molecular flexibility index (Phi) is 3.80. The van der Waals surface area contributed by atoms with Crippen molar-refractivity contribution in [1.29, 1.82) is 0 Å². The zero-order chi connectivity index (χ0) is 11.3. The maximum atomic E-state index is 11.2. The monoisotopic (exact) mass is 209 g/mol. The molecule has 0 amide bonds. The molecule has 0 fully saturated rings. The van der Waals surface area contributed by atoms with Crippen molar-refractivity contribution in [3.63, 3.8) is 0 Å². The maximum Gasteiger partial charge on any atom is 0.315 e. The van der Waals surface area contributed by atoms with Crippen LogP contribution in [0.2, 0.25) is 0 Å². The third-order valence-electron chi connectivity index (χ3n) is 2.51. The van der Waals surface area contributed by atoms with Gasteiger partial charge in [0, 0.05) is 19.9 Å². The number of aliphatic carboxylic acids is 1. The molecule has 0 spiro atoms. The van der Waals surface area contributed by atoms with Gasteiger partial charge in [-0.3, -0.25) is 9.78 Å². The number of methoxy groups -OCH3 is 1. The Morgan fingerprint density at radius 2 is 2.33 bits per heavy atom. The summed E-state index contributed by atoms with van der Waals surface area (Å²) in [6, 6.07) is 5.28. The molecule has 1 N–H and O–H groups in total. The van der Waals surface area contributed by atoms with Crippen LogP contribution in [0.3, 0.4) is 0 Å². The number of carboxylic acids is 1. The van der Waals surface area contributed by atoms with Crippen molar-refractivity contribution in [3.05, 3.63) is 30.1 Å². The van der Waals surface area contributed by atoms with E-state index in [4.69, 9.17) is 4.74 Å². The average Bonchev–Trinajstić information content (AvgIpc) is 2.27. The zero-order valence-electron chi connectivity index (χ0n) is 8.93. The molecular formula is C11H15NO3. The van der Waals surface area contributed by atoms with Gasteiger partial charge in [-0.2, -0.15) is 0 Å². The molecule has 0 saturated carbocycles. The number of aromatic nitrogens is 1. The quantitative estimate of drug-likeness (QED) is 0.797. The van der Waals surface area contributed by atoms with Gasteiger partial charge in [-0.05, 0) is 25.5 Å². The van der Waals surface area contributed by atoms with Crippen LogP contribution in [0, 0.1) is 0 Å². The summed E-state index contributed by atoms with van der Waals surface area (Å²) >= 11 is 0. The van der Waals surface area contributed by atoms with Gasteiger partial charge in [-0.25, -0.2) is 0 Å². The van der Waals surface area contributed by atoms with Crippen molar-refractivity contribution in [1.82, 2.24) is 4.98 Å². The van der Waals surface area contributed by atoms with E-state index in [2.05, 4.69) is 4.98 Å². The third-order valence-corrected chi connectivity index (χ3v) is 2.51. The lowest BCUT2D eigenvalue weighted by Crippen LogP contribution is -2.34. The number of carbonyl (C=O) groups is 1. The van der Waals surface area contributed by atoms with E-state index in [1.807, 2.05) is 0 Å². The fourth-order valence-electron chi connectivity index (χ4n) is 1.34. The number of pyridine rings is 1. The number of ether oxygens (including phenoxy) is 1. The van der Waals surface area contributed by atoms with Gasteiger partial charge in [-0.15, -0.1) is 0 Å². The van der Waals surface area contributed by atoms with Gasteiger partial charge < -0.3 is 9.84 Å². The summed E-state index contributed by atoms with van der Waals surface area (Å²) in [5.74, 6) is -0.877. The summed E-state index contributed by atoms with van der Waals surface area (Å²) in [5.41, 5.74) is -0.411. The first-order valence-electron chi connectivity index (χ1n) is 4.75. The highest BCUT2D eigenvalue weighted by molar-refractivity contribution is 5.80. The molecule has 0 aromatic carbocycles. The molecule has 82 valence electrons. The Hall–Kier alpha value is -1.42. The lowest BCUT2D eigenvalue weighted by Gasteiger charge is -2.23. The number of hydrogen-bond acceptors (Lipinski definition) is 3. The largest absolute Gasteiger partial charge is 0.481 e. The molecule has 0 aliphatic carbocycles. The molecule has 1 aromatic rings. The Bertz CT molecular complexity index is 326. The molecule has 15 heavy (non-hydrogen) atoms. The molecule has 4 nitrogen and oxygen atoms in total. The van der Waals surface area contributed by atoms with E-state index >= 15 is 0 Å². The summed E-state index contributed by atoms with van der Waals surface area (Å²) < 4.78 is 4.92. The number of carboxylic acid groups (broad SMARTS) is 1. The lowest BCUT2D eigenvalue weighted by atomic mass is 9.83. The smallest absolute Gasteiger partial charge is 0.315 e. The lowest BCUT2D eigenvalue weighted by molar-refractivity contribution is -0.144. The molecule has 1 aromatic heterocycles. The van der Waals surface area contributed by atoms with Gasteiger partial charge in [0.25, 0.3) is 0 Å². The number of hydrogen-bond donors (Lipinski definition) is 1. The first kappa shape index (κ1) is 11.7. The topological polar surface area (TPSA) is 59.4 Å². The first-order chi connectivity index (χ1) is 7.11. The highest BCUT2D eigenvalue weighted by Gasteiger charge is 2.35. The Balaban J connectivity index is 2.96.